The van der Waals surface area contributed by atoms with E-state index in [0.29, 0.717) is 30.5 Å². The first-order valence-corrected chi connectivity index (χ1v) is 11.0. The summed E-state index contributed by atoms with van der Waals surface area (Å²) in [4.78, 5) is 19.5. The summed E-state index contributed by atoms with van der Waals surface area (Å²) in [7, 11) is 0. The third-order valence-electron chi connectivity index (χ3n) is 7.91. The van der Waals surface area contributed by atoms with E-state index in [0.717, 1.165) is 50.7 Å². The third kappa shape index (κ3) is 3.18. The molecule has 1 aromatic rings. The zero-order chi connectivity index (χ0) is 21.3. The standard InChI is InChI=1S/C22H28F3N3O2/c1-12-5-15(22(23,24)25)8-18(26-12)28-4-2-3-16(11-28)27-20(30)21-9-13-6-14(10-21)19(29)17(21)7-13/h5,8,13-14,16-17,19,29H,2-4,6-7,9-11H2,1H3,(H,27,30)/t13?,14?,16-,17?,19?,21?/m0/s1. The van der Waals surface area contributed by atoms with Gasteiger partial charge in [0, 0.05) is 24.8 Å². The highest BCUT2D eigenvalue weighted by molar-refractivity contribution is 5.84. The van der Waals surface area contributed by atoms with Gasteiger partial charge in [0.05, 0.1) is 17.1 Å². The number of halogens is 3. The number of pyridine rings is 1. The van der Waals surface area contributed by atoms with Crippen LogP contribution < -0.4 is 10.2 Å². The molecule has 8 heteroatoms. The van der Waals surface area contributed by atoms with E-state index in [2.05, 4.69) is 10.3 Å². The molecule has 4 bridgehead atoms. The second-order valence-electron chi connectivity index (χ2n) is 9.87. The Morgan fingerprint density at radius 2 is 2.10 bits per heavy atom. The first-order valence-electron chi connectivity index (χ1n) is 11.0. The van der Waals surface area contributed by atoms with Crippen molar-refractivity contribution in [1.29, 1.82) is 0 Å². The lowest BCUT2D eigenvalue weighted by atomic mass is 9.74. The molecule has 4 aliphatic carbocycles. The predicted octanol–water partition coefficient (Wildman–Crippen LogP) is 3.29. The summed E-state index contributed by atoms with van der Waals surface area (Å²) < 4.78 is 39.6. The number of carbonyl (C=O) groups is 1. The molecular weight excluding hydrogens is 395 g/mol. The molecule has 5 fully saturated rings. The average molecular weight is 423 g/mol. The van der Waals surface area contributed by atoms with Crippen molar-refractivity contribution in [3.8, 4) is 0 Å². The Kier molecular flexibility index (Phi) is 4.58. The Balaban J connectivity index is 1.30. The number of hydrogen-bond donors (Lipinski definition) is 2. The summed E-state index contributed by atoms with van der Waals surface area (Å²) in [5.41, 5.74) is -0.804. The minimum Gasteiger partial charge on any atom is -0.393 e. The van der Waals surface area contributed by atoms with E-state index < -0.39 is 17.2 Å². The maximum atomic E-state index is 13.3. The largest absolute Gasteiger partial charge is 0.416 e. The van der Waals surface area contributed by atoms with Crippen LogP contribution in [-0.4, -0.2) is 41.2 Å². The van der Waals surface area contributed by atoms with Gasteiger partial charge >= 0.3 is 6.18 Å². The maximum absolute atomic E-state index is 13.3. The summed E-state index contributed by atoms with van der Waals surface area (Å²) in [6.45, 7) is 2.64. The number of aromatic nitrogens is 1. The molecule has 0 spiro atoms. The number of aliphatic hydroxyl groups excluding tert-OH is 1. The normalized spacial score (nSPS) is 37.6. The molecular formula is C22H28F3N3O2. The molecule has 5 unspecified atom stereocenters. The van der Waals surface area contributed by atoms with Gasteiger partial charge in [0.1, 0.15) is 5.82 Å². The second kappa shape index (κ2) is 6.84. The summed E-state index contributed by atoms with van der Waals surface area (Å²) in [6, 6.07) is 2.04. The first kappa shape index (κ1) is 20.1. The van der Waals surface area contributed by atoms with E-state index >= 15 is 0 Å². The number of aliphatic hydroxyl groups is 1. The van der Waals surface area contributed by atoms with Gasteiger partial charge < -0.3 is 15.3 Å². The number of piperidine rings is 1. The Hall–Kier alpha value is -1.83. The Labute approximate surface area is 174 Å². The maximum Gasteiger partial charge on any atom is 0.416 e. The van der Waals surface area contributed by atoms with Crippen LogP contribution in [-0.2, 0) is 11.0 Å². The van der Waals surface area contributed by atoms with E-state index in [9.17, 15) is 23.1 Å². The molecule has 4 saturated carbocycles. The molecule has 5 aliphatic rings. The number of anilines is 1. The fourth-order valence-corrected chi connectivity index (χ4v) is 6.75. The van der Waals surface area contributed by atoms with Gasteiger partial charge in [-0.25, -0.2) is 4.98 Å². The van der Waals surface area contributed by atoms with Crippen molar-refractivity contribution in [2.45, 2.75) is 63.8 Å². The SMILES string of the molecule is Cc1cc(C(F)(F)F)cc(N2CCC[C@H](NC(=O)C34CC5CC(C3)C(O)C4C5)C2)n1. The summed E-state index contributed by atoms with van der Waals surface area (Å²) in [5, 5.41) is 13.7. The highest BCUT2D eigenvalue weighted by Crippen LogP contribution is 2.65. The van der Waals surface area contributed by atoms with E-state index in [4.69, 9.17) is 0 Å². The Bertz CT molecular complexity index is 861. The number of aryl methyl sites for hydroxylation is 1. The number of amides is 1. The molecule has 6 rings (SSSR count). The fourth-order valence-electron chi connectivity index (χ4n) is 6.75. The summed E-state index contributed by atoms with van der Waals surface area (Å²) >= 11 is 0. The van der Waals surface area contributed by atoms with Crippen LogP contribution in [0.5, 0.6) is 0 Å². The highest BCUT2D eigenvalue weighted by Gasteiger charge is 2.65. The van der Waals surface area contributed by atoms with Crippen molar-refractivity contribution in [2.24, 2.45) is 23.2 Å². The van der Waals surface area contributed by atoms with E-state index in [1.807, 2.05) is 4.90 Å². The van der Waals surface area contributed by atoms with Crippen LogP contribution in [0.1, 0.15) is 49.8 Å². The topological polar surface area (TPSA) is 65.5 Å². The lowest BCUT2D eigenvalue weighted by Crippen LogP contribution is -2.52. The molecule has 2 heterocycles. The number of rotatable bonds is 3. The number of carbonyl (C=O) groups excluding carboxylic acids is 1. The number of alkyl halides is 3. The average Bonchev–Trinajstić information content (AvgIpc) is 3.06. The summed E-state index contributed by atoms with van der Waals surface area (Å²) in [5.74, 6) is 1.21. The van der Waals surface area contributed by atoms with Crippen LogP contribution in [0.25, 0.3) is 0 Å². The quantitative estimate of drug-likeness (QED) is 0.783. The molecule has 0 aromatic carbocycles. The minimum absolute atomic E-state index is 0.0382. The zero-order valence-corrected chi connectivity index (χ0v) is 17.1. The second-order valence-corrected chi connectivity index (χ2v) is 9.87. The van der Waals surface area contributed by atoms with Crippen LogP contribution in [0, 0.1) is 30.1 Å². The van der Waals surface area contributed by atoms with Crippen molar-refractivity contribution in [2.75, 3.05) is 18.0 Å². The fraction of sp³-hybridized carbons (Fsp3) is 0.727. The first-order chi connectivity index (χ1) is 14.2. The van der Waals surface area contributed by atoms with Crippen LogP contribution >= 0.6 is 0 Å². The molecule has 5 nitrogen and oxygen atoms in total. The molecule has 2 N–H and O–H groups in total. The Morgan fingerprint density at radius 3 is 2.87 bits per heavy atom. The van der Waals surface area contributed by atoms with Gasteiger partial charge in [-0.2, -0.15) is 13.2 Å². The van der Waals surface area contributed by atoms with Crippen molar-refractivity contribution in [3.05, 3.63) is 23.4 Å². The third-order valence-corrected chi connectivity index (χ3v) is 7.91. The molecule has 164 valence electrons. The van der Waals surface area contributed by atoms with Crippen LogP contribution in [0.3, 0.4) is 0 Å². The molecule has 1 aliphatic heterocycles. The smallest absolute Gasteiger partial charge is 0.393 e. The van der Waals surface area contributed by atoms with Crippen molar-refractivity contribution in [1.82, 2.24) is 10.3 Å². The van der Waals surface area contributed by atoms with Crippen LogP contribution in [0.4, 0.5) is 19.0 Å². The number of nitrogens with one attached hydrogen (secondary N) is 1. The van der Waals surface area contributed by atoms with Gasteiger partial charge in [-0.15, -0.1) is 0 Å². The lowest BCUT2D eigenvalue weighted by Gasteiger charge is -2.37. The van der Waals surface area contributed by atoms with Crippen molar-refractivity contribution < 1.29 is 23.1 Å². The minimum atomic E-state index is -4.41. The van der Waals surface area contributed by atoms with Gasteiger partial charge in [0.25, 0.3) is 0 Å². The van der Waals surface area contributed by atoms with Crippen LogP contribution in [0.15, 0.2) is 12.1 Å². The number of hydrogen-bond acceptors (Lipinski definition) is 4. The van der Waals surface area contributed by atoms with Gasteiger partial charge in [0.2, 0.25) is 5.91 Å². The van der Waals surface area contributed by atoms with E-state index in [-0.39, 0.29) is 29.9 Å². The number of nitrogens with zero attached hydrogens (tertiary/aromatic N) is 2. The van der Waals surface area contributed by atoms with Crippen molar-refractivity contribution >= 4 is 11.7 Å². The van der Waals surface area contributed by atoms with Gasteiger partial charge in [-0.05, 0) is 75.3 Å². The monoisotopic (exact) mass is 423 g/mol. The van der Waals surface area contributed by atoms with Gasteiger partial charge in [-0.1, -0.05) is 0 Å². The predicted molar refractivity (Wildman–Crippen MR) is 105 cm³/mol. The lowest BCUT2D eigenvalue weighted by molar-refractivity contribution is -0.137. The van der Waals surface area contributed by atoms with Crippen molar-refractivity contribution in [3.63, 3.8) is 0 Å². The molecule has 1 amide bonds. The Morgan fingerprint density at radius 1 is 1.30 bits per heavy atom. The molecule has 30 heavy (non-hydrogen) atoms. The van der Waals surface area contributed by atoms with Gasteiger partial charge in [0.15, 0.2) is 0 Å². The highest BCUT2D eigenvalue weighted by atomic mass is 19.4. The van der Waals surface area contributed by atoms with E-state index in [1.165, 1.54) is 0 Å². The van der Waals surface area contributed by atoms with Crippen LogP contribution in [0.2, 0.25) is 0 Å². The van der Waals surface area contributed by atoms with E-state index in [1.54, 1.807) is 6.92 Å². The molecule has 1 aromatic heterocycles. The zero-order valence-electron chi connectivity index (χ0n) is 17.1. The molecule has 1 saturated heterocycles. The summed E-state index contributed by atoms with van der Waals surface area (Å²) in [6.07, 6.45) is 0.415. The van der Waals surface area contributed by atoms with Gasteiger partial charge in [-0.3, -0.25) is 4.79 Å². The molecule has 6 atom stereocenters. The molecule has 0 radical (unpaired) electrons.